The minimum absolute atomic E-state index is 0.0999. The summed E-state index contributed by atoms with van der Waals surface area (Å²) < 4.78 is 5.37. The summed E-state index contributed by atoms with van der Waals surface area (Å²) in [5.74, 6) is -1.06. The smallest absolute Gasteiger partial charge is 0.336 e. The number of aromatic carboxylic acids is 1. The maximum absolute atomic E-state index is 11.6. The van der Waals surface area contributed by atoms with Crippen LogP contribution in [0.25, 0.3) is 0 Å². The van der Waals surface area contributed by atoms with Crippen LogP contribution < -0.4 is 10.6 Å². The van der Waals surface area contributed by atoms with E-state index in [1.54, 1.807) is 19.2 Å². The third-order valence-electron chi connectivity index (χ3n) is 2.52. The molecule has 0 unspecified atom stereocenters. The van der Waals surface area contributed by atoms with E-state index in [0.29, 0.717) is 23.3 Å². The molecule has 0 saturated carbocycles. The predicted molar refractivity (Wildman–Crippen MR) is 79.2 cm³/mol. The number of rotatable bonds is 7. The topological polar surface area (TPSA) is 87.7 Å². The Labute approximate surface area is 125 Å². The largest absolute Gasteiger partial charge is 0.478 e. The average Bonchev–Trinajstić information content (AvgIpc) is 2.40. The van der Waals surface area contributed by atoms with Gasteiger partial charge in [0.25, 0.3) is 0 Å². The van der Waals surface area contributed by atoms with Gasteiger partial charge in [0.05, 0.1) is 5.56 Å². The number of benzene rings is 1. The van der Waals surface area contributed by atoms with Crippen LogP contribution in [0.2, 0.25) is 0 Å². The van der Waals surface area contributed by atoms with Gasteiger partial charge < -0.3 is 20.5 Å². The zero-order valence-electron chi connectivity index (χ0n) is 11.1. The normalized spacial score (nSPS) is 10.1. The predicted octanol–water partition coefficient (Wildman–Crippen LogP) is 2.70. The molecule has 7 heteroatoms. The van der Waals surface area contributed by atoms with Gasteiger partial charge in [-0.25, -0.2) is 9.59 Å². The number of carbonyl (C=O) groups excluding carboxylic acids is 1. The number of nitrogens with one attached hydrogen (secondary N) is 2. The molecule has 0 spiro atoms. The first-order chi connectivity index (χ1) is 9.54. The number of hydrogen-bond donors (Lipinski definition) is 3. The first-order valence-electron chi connectivity index (χ1n) is 6.11. The van der Waals surface area contributed by atoms with Crippen molar-refractivity contribution in [3.63, 3.8) is 0 Å². The van der Waals surface area contributed by atoms with Gasteiger partial charge in [-0.05, 0) is 47.0 Å². The van der Waals surface area contributed by atoms with E-state index in [2.05, 4.69) is 26.6 Å². The molecule has 20 heavy (non-hydrogen) atoms. The molecule has 0 fully saturated rings. The van der Waals surface area contributed by atoms with Gasteiger partial charge in [-0.1, -0.05) is 0 Å². The first kappa shape index (κ1) is 16.5. The van der Waals surface area contributed by atoms with Crippen molar-refractivity contribution in [2.75, 3.05) is 25.6 Å². The summed E-state index contributed by atoms with van der Waals surface area (Å²) >= 11 is 3.14. The molecule has 1 rings (SSSR count). The fraction of sp³-hybridized carbons (Fsp3) is 0.385. The summed E-state index contributed by atoms with van der Waals surface area (Å²) in [5, 5.41) is 14.3. The van der Waals surface area contributed by atoms with Crippen LogP contribution in [-0.4, -0.2) is 37.4 Å². The second-order valence-electron chi connectivity index (χ2n) is 4.08. The molecular weight excluding hydrogens is 328 g/mol. The number of halogens is 1. The van der Waals surface area contributed by atoms with Crippen molar-refractivity contribution in [3.05, 3.63) is 28.2 Å². The van der Waals surface area contributed by atoms with Crippen molar-refractivity contribution in [2.24, 2.45) is 0 Å². The lowest BCUT2D eigenvalue weighted by atomic mass is 10.2. The van der Waals surface area contributed by atoms with Crippen molar-refractivity contribution in [3.8, 4) is 0 Å². The molecule has 0 aliphatic heterocycles. The van der Waals surface area contributed by atoms with Crippen molar-refractivity contribution >= 4 is 33.6 Å². The highest BCUT2D eigenvalue weighted by Crippen LogP contribution is 2.21. The maximum atomic E-state index is 11.6. The monoisotopic (exact) mass is 344 g/mol. The lowest BCUT2D eigenvalue weighted by molar-refractivity contribution is 0.0696. The summed E-state index contributed by atoms with van der Waals surface area (Å²) in [7, 11) is 1.63. The third kappa shape index (κ3) is 5.58. The summed E-state index contributed by atoms with van der Waals surface area (Å²) in [6.45, 7) is 1.20. The summed E-state index contributed by atoms with van der Waals surface area (Å²) in [6, 6.07) is 4.25. The van der Waals surface area contributed by atoms with Crippen molar-refractivity contribution in [1.82, 2.24) is 5.32 Å². The Balaban J connectivity index is 2.46. The lowest BCUT2D eigenvalue weighted by Gasteiger charge is -2.09. The van der Waals surface area contributed by atoms with Crippen LogP contribution in [0.4, 0.5) is 10.5 Å². The number of carboxylic acid groups (broad SMARTS) is 1. The van der Waals surface area contributed by atoms with Crippen LogP contribution in [-0.2, 0) is 4.74 Å². The molecule has 3 N–H and O–H groups in total. The highest BCUT2D eigenvalue weighted by Gasteiger charge is 2.10. The maximum Gasteiger partial charge on any atom is 0.336 e. The number of carbonyl (C=O) groups is 2. The SMILES string of the molecule is COCCCCNC(=O)Nc1ccc(Br)c(C(=O)O)c1. The second-order valence-corrected chi connectivity index (χ2v) is 4.93. The Bertz CT molecular complexity index is 479. The fourth-order valence-corrected chi connectivity index (χ4v) is 1.93. The molecule has 0 atom stereocenters. The van der Waals surface area contributed by atoms with Crippen LogP contribution >= 0.6 is 15.9 Å². The molecule has 1 aromatic carbocycles. The van der Waals surface area contributed by atoms with Crippen molar-refractivity contribution in [2.45, 2.75) is 12.8 Å². The fourth-order valence-electron chi connectivity index (χ4n) is 1.52. The van der Waals surface area contributed by atoms with E-state index in [0.717, 1.165) is 12.8 Å². The highest BCUT2D eigenvalue weighted by atomic mass is 79.9. The van der Waals surface area contributed by atoms with E-state index in [1.807, 2.05) is 0 Å². The molecule has 6 nitrogen and oxygen atoms in total. The number of amides is 2. The van der Waals surface area contributed by atoms with Crippen molar-refractivity contribution in [1.29, 1.82) is 0 Å². The molecule has 0 aliphatic rings. The number of ether oxygens (including phenoxy) is 1. The van der Waals surface area contributed by atoms with Gasteiger partial charge in [-0.3, -0.25) is 0 Å². The third-order valence-corrected chi connectivity index (χ3v) is 3.21. The van der Waals surface area contributed by atoms with E-state index in [4.69, 9.17) is 9.84 Å². The van der Waals surface area contributed by atoms with E-state index in [-0.39, 0.29) is 11.6 Å². The number of methoxy groups -OCH3 is 1. The number of urea groups is 1. The highest BCUT2D eigenvalue weighted by molar-refractivity contribution is 9.10. The van der Waals surface area contributed by atoms with E-state index in [9.17, 15) is 9.59 Å². The standard InChI is InChI=1S/C13H17BrN2O4/c1-20-7-3-2-6-15-13(19)16-9-4-5-11(14)10(8-9)12(17)18/h4-5,8H,2-3,6-7H2,1H3,(H,17,18)(H2,15,16,19). The number of carboxylic acids is 1. The van der Waals surface area contributed by atoms with E-state index >= 15 is 0 Å². The van der Waals surface area contributed by atoms with Crippen LogP contribution in [0.5, 0.6) is 0 Å². The molecule has 0 aliphatic carbocycles. The van der Waals surface area contributed by atoms with Crippen LogP contribution in [0, 0.1) is 0 Å². The van der Waals surface area contributed by atoms with Crippen LogP contribution in [0.15, 0.2) is 22.7 Å². The van der Waals surface area contributed by atoms with Gasteiger partial charge in [-0.2, -0.15) is 0 Å². The molecule has 1 aromatic rings. The lowest BCUT2D eigenvalue weighted by Crippen LogP contribution is -2.29. The van der Waals surface area contributed by atoms with Crippen LogP contribution in [0.3, 0.4) is 0 Å². The zero-order valence-corrected chi connectivity index (χ0v) is 12.7. The van der Waals surface area contributed by atoms with Gasteiger partial charge in [-0.15, -0.1) is 0 Å². The van der Waals surface area contributed by atoms with Gasteiger partial charge >= 0.3 is 12.0 Å². The molecule has 0 heterocycles. The zero-order chi connectivity index (χ0) is 15.0. The van der Waals surface area contributed by atoms with Gasteiger partial charge in [0.1, 0.15) is 0 Å². The minimum atomic E-state index is -1.06. The van der Waals surface area contributed by atoms with Crippen LogP contribution in [0.1, 0.15) is 23.2 Å². The van der Waals surface area contributed by atoms with Gasteiger partial charge in [0.2, 0.25) is 0 Å². The number of anilines is 1. The molecule has 0 aromatic heterocycles. The molecule has 2 amide bonds. The Morgan fingerprint density at radius 2 is 2.10 bits per heavy atom. The molecule has 0 bridgehead atoms. The Morgan fingerprint density at radius 3 is 2.75 bits per heavy atom. The van der Waals surface area contributed by atoms with Gasteiger partial charge in [0, 0.05) is 30.4 Å². The Morgan fingerprint density at radius 1 is 1.35 bits per heavy atom. The number of hydrogen-bond acceptors (Lipinski definition) is 3. The summed E-state index contributed by atoms with van der Waals surface area (Å²) in [4.78, 5) is 22.6. The quantitative estimate of drug-likeness (QED) is 0.663. The Hall–Kier alpha value is -1.60. The number of unbranched alkanes of at least 4 members (excludes halogenated alkanes) is 1. The van der Waals surface area contributed by atoms with E-state index in [1.165, 1.54) is 6.07 Å². The first-order valence-corrected chi connectivity index (χ1v) is 6.90. The molecule has 0 saturated heterocycles. The Kier molecular flexibility index (Phi) is 7.03. The average molecular weight is 345 g/mol. The summed E-state index contributed by atoms with van der Waals surface area (Å²) in [5.41, 5.74) is 0.530. The molecule has 110 valence electrons. The second kappa shape index (κ2) is 8.55. The minimum Gasteiger partial charge on any atom is -0.478 e. The van der Waals surface area contributed by atoms with E-state index < -0.39 is 5.97 Å². The molecule has 0 radical (unpaired) electrons. The molecular formula is C13H17BrN2O4. The summed E-state index contributed by atoms with van der Waals surface area (Å²) in [6.07, 6.45) is 1.69. The van der Waals surface area contributed by atoms with Crippen molar-refractivity contribution < 1.29 is 19.4 Å². The van der Waals surface area contributed by atoms with Gasteiger partial charge in [0.15, 0.2) is 0 Å².